The molecule has 1 aliphatic carbocycles. The number of hydrogen-bond acceptors (Lipinski definition) is 5. The minimum Gasteiger partial charge on any atom is -0.481 e. The molecular weight excluding hydrogens is 436 g/mol. The maximum Gasteiger partial charge on any atom is 0.407 e. The van der Waals surface area contributed by atoms with E-state index in [1.165, 1.54) is 4.90 Å². The van der Waals surface area contributed by atoms with Crippen LogP contribution in [-0.4, -0.2) is 64.9 Å². The van der Waals surface area contributed by atoms with Gasteiger partial charge in [-0.2, -0.15) is 0 Å². The molecule has 1 atom stereocenters. The van der Waals surface area contributed by atoms with Gasteiger partial charge in [-0.15, -0.1) is 0 Å². The third-order valence-corrected chi connectivity index (χ3v) is 6.54. The molecule has 0 heterocycles. The van der Waals surface area contributed by atoms with Gasteiger partial charge < -0.3 is 25.2 Å². The smallest absolute Gasteiger partial charge is 0.407 e. The predicted molar refractivity (Wildman–Crippen MR) is 127 cm³/mol. The number of aliphatic hydroxyl groups is 1. The maximum atomic E-state index is 13.1. The van der Waals surface area contributed by atoms with Gasteiger partial charge in [0.2, 0.25) is 5.91 Å². The number of benzene rings is 2. The molecule has 34 heavy (non-hydrogen) atoms. The monoisotopic (exact) mass is 468 g/mol. The number of alkyl carbamates (subject to hydrolysis) is 1. The van der Waals surface area contributed by atoms with Gasteiger partial charge in [-0.05, 0) is 48.9 Å². The van der Waals surface area contributed by atoms with Crippen LogP contribution >= 0.6 is 0 Å². The van der Waals surface area contributed by atoms with Crippen molar-refractivity contribution in [3.8, 4) is 11.1 Å². The Hall–Kier alpha value is -3.39. The quantitative estimate of drug-likeness (QED) is 0.492. The summed E-state index contributed by atoms with van der Waals surface area (Å²) in [5.41, 5.74) is 3.68. The van der Waals surface area contributed by atoms with Gasteiger partial charge in [0.1, 0.15) is 12.6 Å². The van der Waals surface area contributed by atoms with Crippen molar-refractivity contribution in [3.63, 3.8) is 0 Å². The van der Waals surface area contributed by atoms with Crippen molar-refractivity contribution in [3.05, 3.63) is 59.7 Å². The van der Waals surface area contributed by atoms with E-state index in [1.807, 2.05) is 48.5 Å². The Bertz CT molecular complexity index is 1010. The van der Waals surface area contributed by atoms with E-state index in [4.69, 9.17) is 9.84 Å². The largest absolute Gasteiger partial charge is 0.481 e. The lowest BCUT2D eigenvalue weighted by Gasteiger charge is -2.37. The Balaban J connectivity index is 1.70. The summed E-state index contributed by atoms with van der Waals surface area (Å²) in [6.07, 6.45) is -0.795. The molecule has 0 fully saturated rings. The summed E-state index contributed by atoms with van der Waals surface area (Å²) in [7, 11) is 1.57. The summed E-state index contributed by atoms with van der Waals surface area (Å²) in [5, 5.41) is 21.0. The molecule has 0 spiro atoms. The summed E-state index contributed by atoms with van der Waals surface area (Å²) in [5.74, 6) is -1.63. The third kappa shape index (κ3) is 5.56. The van der Waals surface area contributed by atoms with Crippen LogP contribution in [0.5, 0.6) is 0 Å². The van der Waals surface area contributed by atoms with E-state index in [2.05, 4.69) is 5.32 Å². The number of aliphatic hydroxyl groups excluding tert-OH is 1. The van der Waals surface area contributed by atoms with Gasteiger partial charge in [0, 0.05) is 31.5 Å². The Morgan fingerprint density at radius 3 is 2.15 bits per heavy atom. The number of carboxylic acid groups (broad SMARTS) is 1. The van der Waals surface area contributed by atoms with Gasteiger partial charge >= 0.3 is 12.1 Å². The molecule has 0 aliphatic heterocycles. The Morgan fingerprint density at radius 1 is 1.06 bits per heavy atom. The van der Waals surface area contributed by atoms with Crippen molar-refractivity contribution in [1.29, 1.82) is 0 Å². The first-order chi connectivity index (χ1) is 16.2. The number of carbonyl (C=O) groups excluding carboxylic acids is 2. The van der Waals surface area contributed by atoms with Crippen molar-refractivity contribution in [2.75, 3.05) is 20.3 Å². The third-order valence-electron chi connectivity index (χ3n) is 6.54. The molecule has 2 amide bonds. The molecule has 2 aromatic rings. The van der Waals surface area contributed by atoms with Crippen molar-refractivity contribution in [1.82, 2.24) is 10.2 Å². The normalized spacial score (nSPS) is 13.5. The van der Waals surface area contributed by atoms with Gasteiger partial charge in [0.25, 0.3) is 0 Å². The van der Waals surface area contributed by atoms with Crippen molar-refractivity contribution in [2.45, 2.75) is 50.6 Å². The molecule has 0 bridgehead atoms. The van der Waals surface area contributed by atoms with E-state index in [9.17, 15) is 19.5 Å². The summed E-state index contributed by atoms with van der Waals surface area (Å²) >= 11 is 0. The van der Waals surface area contributed by atoms with Crippen LogP contribution in [0.2, 0.25) is 0 Å². The van der Waals surface area contributed by atoms with Crippen LogP contribution in [0.4, 0.5) is 4.79 Å². The number of nitrogens with zero attached hydrogens (tertiary/aromatic N) is 1. The van der Waals surface area contributed by atoms with Crippen LogP contribution in [0.3, 0.4) is 0 Å². The van der Waals surface area contributed by atoms with Crippen molar-refractivity contribution < 1.29 is 29.3 Å². The van der Waals surface area contributed by atoms with Crippen molar-refractivity contribution >= 4 is 18.0 Å². The second kappa shape index (κ2) is 10.7. The van der Waals surface area contributed by atoms with Crippen LogP contribution < -0.4 is 5.32 Å². The minimum absolute atomic E-state index is 0.0715. The second-order valence-electron chi connectivity index (χ2n) is 9.14. The van der Waals surface area contributed by atoms with E-state index < -0.39 is 29.6 Å². The van der Waals surface area contributed by atoms with Gasteiger partial charge in [-0.1, -0.05) is 48.5 Å². The number of ether oxygens (including phenoxy) is 1. The standard InChI is InChI=1S/C26H32N2O6/c1-26(2,14-15-29)28(3)24(32)22(12-13-23(30)31)27-25(33)34-16-21-19-10-6-4-8-17(19)18-9-5-7-11-20(18)21/h4-11,21-22,29H,12-16H2,1-3H3,(H,27,33)(H,30,31). The Kier molecular flexibility index (Phi) is 7.94. The maximum absolute atomic E-state index is 13.1. The number of rotatable bonds is 10. The summed E-state index contributed by atoms with van der Waals surface area (Å²) in [6.45, 7) is 3.57. The zero-order valence-electron chi connectivity index (χ0n) is 19.8. The first kappa shape index (κ1) is 25.2. The molecule has 182 valence electrons. The first-order valence-electron chi connectivity index (χ1n) is 11.4. The van der Waals surface area contributed by atoms with Crippen LogP contribution in [0.25, 0.3) is 11.1 Å². The Labute approximate surface area is 199 Å². The van der Waals surface area contributed by atoms with Gasteiger partial charge in [-0.25, -0.2) is 4.79 Å². The van der Waals surface area contributed by atoms with Crippen LogP contribution in [-0.2, 0) is 14.3 Å². The Morgan fingerprint density at radius 2 is 1.62 bits per heavy atom. The molecule has 8 nitrogen and oxygen atoms in total. The molecule has 1 unspecified atom stereocenters. The highest BCUT2D eigenvalue weighted by Gasteiger charge is 2.34. The number of fused-ring (bicyclic) bond motifs is 3. The fraction of sp³-hybridized carbons (Fsp3) is 0.423. The van der Waals surface area contributed by atoms with Crippen LogP contribution in [0.15, 0.2) is 48.5 Å². The molecular formula is C26H32N2O6. The van der Waals surface area contributed by atoms with E-state index in [0.29, 0.717) is 6.42 Å². The lowest BCUT2D eigenvalue weighted by Crippen LogP contribution is -2.54. The molecule has 8 heteroatoms. The van der Waals surface area contributed by atoms with E-state index >= 15 is 0 Å². The number of likely N-dealkylation sites (N-methyl/N-ethyl adjacent to an activating group) is 1. The van der Waals surface area contributed by atoms with Crippen molar-refractivity contribution in [2.24, 2.45) is 0 Å². The number of carboxylic acids is 1. The summed E-state index contributed by atoms with van der Waals surface area (Å²) < 4.78 is 5.53. The predicted octanol–water partition coefficient (Wildman–Crippen LogP) is 3.38. The van der Waals surface area contributed by atoms with Gasteiger partial charge in [0.15, 0.2) is 0 Å². The number of hydrogen-bond donors (Lipinski definition) is 3. The average Bonchev–Trinajstić information content (AvgIpc) is 3.13. The minimum atomic E-state index is -1.07. The molecule has 0 saturated heterocycles. The fourth-order valence-electron chi connectivity index (χ4n) is 4.28. The molecule has 0 aromatic heterocycles. The molecule has 3 rings (SSSR count). The molecule has 3 N–H and O–H groups in total. The lowest BCUT2D eigenvalue weighted by atomic mass is 9.97. The SMILES string of the molecule is CN(C(=O)C(CCC(=O)O)NC(=O)OCC1c2ccccc2-c2ccccc21)C(C)(C)CCO. The molecule has 1 aliphatic rings. The van der Waals surface area contributed by atoms with Gasteiger partial charge in [-0.3, -0.25) is 9.59 Å². The highest BCUT2D eigenvalue weighted by Crippen LogP contribution is 2.44. The topological polar surface area (TPSA) is 116 Å². The van der Waals surface area contributed by atoms with E-state index in [0.717, 1.165) is 22.3 Å². The number of amides is 2. The summed E-state index contributed by atoms with van der Waals surface area (Å²) in [4.78, 5) is 38.3. The number of aliphatic carboxylic acids is 1. The zero-order chi connectivity index (χ0) is 24.9. The van der Waals surface area contributed by atoms with E-state index in [1.54, 1.807) is 20.9 Å². The molecule has 2 aromatic carbocycles. The number of nitrogens with one attached hydrogen (secondary N) is 1. The van der Waals surface area contributed by atoms with E-state index in [-0.39, 0.29) is 32.0 Å². The molecule has 0 saturated carbocycles. The highest BCUT2D eigenvalue weighted by molar-refractivity contribution is 5.86. The van der Waals surface area contributed by atoms with Gasteiger partial charge in [0.05, 0.1) is 0 Å². The first-order valence-corrected chi connectivity index (χ1v) is 11.4. The average molecular weight is 469 g/mol. The second-order valence-corrected chi connectivity index (χ2v) is 9.14. The molecule has 0 radical (unpaired) electrons. The van der Waals surface area contributed by atoms with Crippen LogP contribution in [0.1, 0.15) is 50.2 Å². The zero-order valence-corrected chi connectivity index (χ0v) is 19.8. The lowest BCUT2D eigenvalue weighted by molar-refractivity contribution is -0.139. The number of carbonyl (C=O) groups is 3. The highest BCUT2D eigenvalue weighted by atomic mass is 16.5. The fourth-order valence-corrected chi connectivity index (χ4v) is 4.28. The van der Waals surface area contributed by atoms with Crippen LogP contribution in [0, 0.1) is 0 Å². The summed E-state index contributed by atoms with van der Waals surface area (Å²) in [6, 6.07) is 14.9.